The maximum absolute atomic E-state index is 13.0. The number of rotatable bonds is 7. The molecule has 2 unspecified atom stereocenters. The fourth-order valence-corrected chi connectivity index (χ4v) is 5.05. The van der Waals surface area contributed by atoms with Crippen molar-refractivity contribution >= 4 is 17.4 Å². The largest absolute Gasteiger partial charge is 0.336 e. The molecule has 1 aromatic carbocycles. The first-order valence-corrected chi connectivity index (χ1v) is 12.1. The first-order valence-electron chi connectivity index (χ1n) is 11.3. The van der Waals surface area contributed by atoms with E-state index in [9.17, 15) is 4.79 Å². The summed E-state index contributed by atoms with van der Waals surface area (Å²) >= 11 is 1.77. The lowest BCUT2D eigenvalue weighted by Crippen LogP contribution is -2.45. The van der Waals surface area contributed by atoms with Crippen LogP contribution in [0.15, 0.2) is 54.4 Å². The van der Waals surface area contributed by atoms with E-state index in [4.69, 9.17) is 0 Å². The molecule has 0 aliphatic carbocycles. The summed E-state index contributed by atoms with van der Waals surface area (Å²) in [7, 11) is 1.86. The van der Waals surface area contributed by atoms with E-state index in [0.717, 1.165) is 30.3 Å². The van der Waals surface area contributed by atoms with Gasteiger partial charge in [0.1, 0.15) is 12.7 Å². The van der Waals surface area contributed by atoms with Crippen LogP contribution in [0.3, 0.4) is 0 Å². The third kappa shape index (κ3) is 5.19. The van der Waals surface area contributed by atoms with Gasteiger partial charge in [0.15, 0.2) is 0 Å². The number of likely N-dealkylation sites (tertiary alicyclic amines) is 1. The zero-order valence-corrected chi connectivity index (χ0v) is 19.8. The third-order valence-corrected chi connectivity index (χ3v) is 7.51. The van der Waals surface area contributed by atoms with E-state index in [1.807, 2.05) is 38.2 Å². The fourth-order valence-electron chi connectivity index (χ4n) is 4.19. The van der Waals surface area contributed by atoms with Crippen LogP contribution in [0.25, 0.3) is 5.69 Å². The molecule has 1 fully saturated rings. The molecule has 0 bridgehead atoms. The highest BCUT2D eigenvalue weighted by Crippen LogP contribution is 2.29. The topological polar surface area (TPSA) is 66.3 Å². The van der Waals surface area contributed by atoms with Crippen molar-refractivity contribution in [3.05, 3.63) is 64.9 Å². The summed E-state index contributed by atoms with van der Waals surface area (Å²) in [5.41, 5.74) is 2.02. The molecular formula is C24H32N6OS. The van der Waals surface area contributed by atoms with Crippen LogP contribution in [0.4, 0.5) is 4.79 Å². The van der Waals surface area contributed by atoms with Crippen LogP contribution in [-0.2, 0) is 0 Å². The minimum absolute atomic E-state index is 0.0455. The van der Waals surface area contributed by atoms with Crippen molar-refractivity contribution in [3.8, 4) is 5.69 Å². The number of urea groups is 1. The Morgan fingerprint density at radius 2 is 2.00 bits per heavy atom. The molecule has 2 atom stereocenters. The Kier molecular flexibility index (Phi) is 7.22. The summed E-state index contributed by atoms with van der Waals surface area (Å²) in [6.07, 6.45) is 5.63. The van der Waals surface area contributed by atoms with Gasteiger partial charge in [-0.25, -0.2) is 14.5 Å². The highest BCUT2D eigenvalue weighted by Gasteiger charge is 2.26. The molecule has 7 nitrogen and oxygen atoms in total. The smallest absolute Gasteiger partial charge is 0.317 e. The van der Waals surface area contributed by atoms with E-state index in [0.29, 0.717) is 6.54 Å². The second-order valence-corrected chi connectivity index (χ2v) is 9.63. The molecular weight excluding hydrogens is 420 g/mol. The van der Waals surface area contributed by atoms with Gasteiger partial charge >= 0.3 is 6.03 Å². The highest BCUT2D eigenvalue weighted by molar-refractivity contribution is 7.10. The molecule has 1 saturated heterocycles. The van der Waals surface area contributed by atoms with Crippen LogP contribution < -0.4 is 5.32 Å². The van der Waals surface area contributed by atoms with E-state index < -0.39 is 0 Å². The first kappa shape index (κ1) is 22.5. The van der Waals surface area contributed by atoms with Crippen LogP contribution >= 0.6 is 11.3 Å². The molecule has 2 aromatic heterocycles. The van der Waals surface area contributed by atoms with Crippen molar-refractivity contribution in [2.45, 2.75) is 38.8 Å². The van der Waals surface area contributed by atoms with E-state index in [1.54, 1.807) is 27.2 Å². The molecule has 0 spiro atoms. The van der Waals surface area contributed by atoms with Gasteiger partial charge in [0.05, 0.1) is 17.8 Å². The number of thiophene rings is 1. The molecule has 1 N–H and O–H groups in total. The molecule has 2 amide bonds. The van der Waals surface area contributed by atoms with Crippen molar-refractivity contribution < 1.29 is 4.79 Å². The van der Waals surface area contributed by atoms with Gasteiger partial charge in [0, 0.05) is 18.5 Å². The molecule has 1 aliphatic heterocycles. The van der Waals surface area contributed by atoms with Crippen LogP contribution in [0.2, 0.25) is 0 Å². The van der Waals surface area contributed by atoms with Crippen molar-refractivity contribution in [3.63, 3.8) is 0 Å². The molecule has 32 heavy (non-hydrogen) atoms. The summed E-state index contributed by atoms with van der Waals surface area (Å²) in [6.45, 7) is 7.17. The summed E-state index contributed by atoms with van der Waals surface area (Å²) in [5.74, 6) is 0.785. The van der Waals surface area contributed by atoms with Crippen LogP contribution in [-0.4, -0.2) is 57.3 Å². The number of hydrogen-bond acceptors (Lipinski definition) is 5. The van der Waals surface area contributed by atoms with Crippen LogP contribution in [0.5, 0.6) is 0 Å². The van der Waals surface area contributed by atoms with Gasteiger partial charge in [-0.2, -0.15) is 5.10 Å². The minimum Gasteiger partial charge on any atom is -0.336 e. The lowest BCUT2D eigenvalue weighted by atomic mass is 9.97. The summed E-state index contributed by atoms with van der Waals surface area (Å²) < 4.78 is 1.72. The van der Waals surface area contributed by atoms with E-state index >= 15 is 0 Å². The number of nitrogens with zero attached hydrogens (tertiary/aromatic N) is 5. The number of hydrogen-bond donors (Lipinski definition) is 1. The quantitative estimate of drug-likeness (QED) is 0.573. The van der Waals surface area contributed by atoms with Crippen molar-refractivity contribution in [1.82, 2.24) is 29.9 Å². The second kappa shape index (κ2) is 10.3. The van der Waals surface area contributed by atoms with E-state index in [-0.39, 0.29) is 18.1 Å². The van der Waals surface area contributed by atoms with Gasteiger partial charge in [-0.1, -0.05) is 25.1 Å². The number of carbonyl (C=O) groups is 1. The molecule has 0 radical (unpaired) electrons. The minimum atomic E-state index is -0.0511. The maximum Gasteiger partial charge on any atom is 0.317 e. The Bertz CT molecular complexity index is 965. The Morgan fingerprint density at radius 3 is 2.62 bits per heavy atom. The van der Waals surface area contributed by atoms with Gasteiger partial charge in [-0.05, 0) is 67.9 Å². The summed E-state index contributed by atoms with van der Waals surface area (Å²) in [5, 5.41) is 9.47. The fraction of sp³-hybridized carbons (Fsp3) is 0.458. The molecule has 8 heteroatoms. The first-order chi connectivity index (χ1) is 15.5. The average Bonchev–Trinajstić information content (AvgIpc) is 3.54. The Hall–Kier alpha value is -2.71. The van der Waals surface area contributed by atoms with E-state index in [2.05, 4.69) is 44.7 Å². The van der Waals surface area contributed by atoms with E-state index in [1.165, 1.54) is 24.0 Å². The maximum atomic E-state index is 13.0. The predicted molar refractivity (Wildman–Crippen MR) is 128 cm³/mol. The standard InChI is InChI=1S/C24H32N6OS/c1-18-10-12-29(13-11-18)22(23-5-4-14-32-23)15-26-24(31)28(3)19(2)20-6-8-21(9-7-20)30-17-25-16-27-30/h4-9,14,16-19,22H,10-13,15H2,1-3H3,(H,26,31). The number of nitrogens with one attached hydrogen (secondary N) is 1. The molecule has 3 heterocycles. The summed E-state index contributed by atoms with van der Waals surface area (Å²) in [4.78, 5) is 22.6. The lowest BCUT2D eigenvalue weighted by molar-refractivity contribution is 0.134. The summed E-state index contributed by atoms with van der Waals surface area (Å²) in [6, 6.07) is 12.5. The number of benzene rings is 1. The molecule has 170 valence electrons. The van der Waals surface area contributed by atoms with Crippen molar-refractivity contribution in [2.75, 3.05) is 26.7 Å². The Balaban J connectivity index is 1.37. The van der Waals surface area contributed by atoms with Gasteiger partial charge in [-0.3, -0.25) is 4.90 Å². The lowest BCUT2D eigenvalue weighted by Gasteiger charge is -2.37. The number of aromatic nitrogens is 3. The van der Waals surface area contributed by atoms with Gasteiger partial charge < -0.3 is 10.2 Å². The zero-order chi connectivity index (χ0) is 22.5. The Labute approximate surface area is 194 Å². The SMILES string of the molecule is CC1CCN(C(CNC(=O)N(C)C(C)c2ccc(-n3cncn3)cc2)c2cccs2)CC1. The Morgan fingerprint density at radius 1 is 1.25 bits per heavy atom. The average molecular weight is 453 g/mol. The van der Waals surface area contributed by atoms with Gasteiger partial charge in [0.2, 0.25) is 0 Å². The zero-order valence-electron chi connectivity index (χ0n) is 19.0. The van der Waals surface area contributed by atoms with Crippen molar-refractivity contribution in [2.24, 2.45) is 5.92 Å². The molecule has 1 aliphatic rings. The monoisotopic (exact) mass is 452 g/mol. The molecule has 3 aromatic rings. The molecule has 4 rings (SSSR count). The van der Waals surface area contributed by atoms with Gasteiger partial charge in [-0.15, -0.1) is 11.3 Å². The predicted octanol–water partition coefficient (Wildman–Crippen LogP) is 4.50. The second-order valence-electron chi connectivity index (χ2n) is 8.65. The van der Waals surface area contributed by atoms with Crippen LogP contribution in [0, 0.1) is 5.92 Å². The molecule has 0 saturated carbocycles. The number of amides is 2. The number of carbonyl (C=O) groups excluding carboxylic acids is 1. The van der Waals surface area contributed by atoms with Gasteiger partial charge in [0.25, 0.3) is 0 Å². The third-order valence-electron chi connectivity index (χ3n) is 6.54. The van der Waals surface area contributed by atoms with Crippen molar-refractivity contribution in [1.29, 1.82) is 0 Å². The number of piperidine rings is 1. The highest BCUT2D eigenvalue weighted by atomic mass is 32.1. The normalized spacial score (nSPS) is 17.1. The van der Waals surface area contributed by atoms with Crippen LogP contribution in [0.1, 0.15) is 49.2 Å².